The van der Waals surface area contributed by atoms with Crippen LogP contribution in [0.4, 0.5) is 0 Å². The van der Waals surface area contributed by atoms with Gasteiger partial charge in [-0.15, -0.1) is 0 Å². The third kappa shape index (κ3) is 30.1. The molecule has 0 saturated carbocycles. The van der Waals surface area contributed by atoms with Crippen molar-refractivity contribution in [2.45, 2.75) is 129 Å². The molecule has 0 aliphatic heterocycles. The van der Waals surface area contributed by atoms with Crippen LogP contribution in [0, 0.1) is 5.41 Å². The lowest BCUT2D eigenvalue weighted by Gasteiger charge is -2.13. The molecule has 0 aromatic rings. The first-order chi connectivity index (χ1) is 16.9. The Balaban J connectivity index is 0. The summed E-state index contributed by atoms with van der Waals surface area (Å²) in [6.45, 7) is 3.31. The second-order valence-electron chi connectivity index (χ2n) is 9.24. The number of hydrogen-bond acceptors (Lipinski definition) is 5. The van der Waals surface area contributed by atoms with Gasteiger partial charge in [-0.05, 0) is 25.8 Å². The zero-order chi connectivity index (χ0) is 26.6. The zero-order valence-corrected chi connectivity index (χ0v) is 22.4. The first-order valence-electron chi connectivity index (χ1n) is 13.9. The highest BCUT2D eigenvalue weighted by molar-refractivity contribution is 5.84. The van der Waals surface area contributed by atoms with E-state index in [1.165, 1.54) is 103 Å². The molecule has 0 aromatic heterocycles. The van der Waals surface area contributed by atoms with Gasteiger partial charge in [0.15, 0.2) is 5.96 Å². The van der Waals surface area contributed by atoms with Crippen molar-refractivity contribution in [3.05, 3.63) is 0 Å². The van der Waals surface area contributed by atoms with Gasteiger partial charge >= 0.3 is 5.97 Å². The minimum Gasteiger partial charge on any atom is -0.480 e. The lowest BCUT2D eigenvalue weighted by molar-refractivity contribution is -0.141. The Kier molecular flexibility index (Phi) is 28.6. The Morgan fingerprint density at radius 1 is 0.771 bits per heavy atom. The third-order valence-corrected chi connectivity index (χ3v) is 5.86. The smallest absolute Gasteiger partial charge is 0.326 e. The van der Waals surface area contributed by atoms with E-state index >= 15 is 0 Å². The van der Waals surface area contributed by atoms with Crippen molar-refractivity contribution < 1.29 is 14.7 Å². The summed E-state index contributed by atoms with van der Waals surface area (Å²) < 4.78 is 0. The van der Waals surface area contributed by atoms with Crippen LogP contribution in [0.5, 0.6) is 0 Å². The Morgan fingerprint density at radius 2 is 1.20 bits per heavy atom. The van der Waals surface area contributed by atoms with Gasteiger partial charge in [0.25, 0.3) is 0 Å². The normalized spacial score (nSPS) is 11.3. The largest absolute Gasteiger partial charge is 0.480 e. The number of hydrogen-bond donors (Lipinski definition) is 7. The van der Waals surface area contributed by atoms with Gasteiger partial charge in [-0.1, -0.05) is 103 Å². The summed E-state index contributed by atoms with van der Waals surface area (Å²) >= 11 is 0. The summed E-state index contributed by atoms with van der Waals surface area (Å²) in [7, 11) is 0. The molecule has 0 spiro atoms. The highest BCUT2D eigenvalue weighted by atomic mass is 16.4. The number of guanidine groups is 1. The fourth-order valence-electron chi connectivity index (χ4n) is 3.73. The van der Waals surface area contributed by atoms with Gasteiger partial charge in [0.2, 0.25) is 5.91 Å². The van der Waals surface area contributed by atoms with Crippen molar-refractivity contribution in [1.29, 1.82) is 5.41 Å². The van der Waals surface area contributed by atoms with Crippen LogP contribution < -0.4 is 27.8 Å². The molecule has 1 atom stereocenters. The first-order valence-corrected chi connectivity index (χ1v) is 13.9. The van der Waals surface area contributed by atoms with E-state index in [-0.39, 0.29) is 18.9 Å². The zero-order valence-electron chi connectivity index (χ0n) is 22.4. The second kappa shape index (κ2) is 28.4. The van der Waals surface area contributed by atoms with Crippen LogP contribution in [0.2, 0.25) is 0 Å². The van der Waals surface area contributed by atoms with Crippen molar-refractivity contribution in [1.82, 2.24) is 10.6 Å². The Morgan fingerprint density at radius 3 is 1.54 bits per heavy atom. The van der Waals surface area contributed by atoms with Crippen LogP contribution in [-0.4, -0.2) is 48.6 Å². The number of rotatable bonds is 23. The number of amides is 1. The number of aliphatic carboxylic acids is 1. The molecule has 0 bridgehead atoms. The lowest BCUT2D eigenvalue weighted by Crippen LogP contribution is -2.44. The number of carbonyl (C=O) groups is 2. The van der Waals surface area contributed by atoms with E-state index in [2.05, 4.69) is 17.6 Å². The van der Waals surface area contributed by atoms with Gasteiger partial charge in [0.05, 0.1) is 6.54 Å². The summed E-state index contributed by atoms with van der Waals surface area (Å²) in [5.41, 5.74) is 15.6. The molecule has 35 heavy (non-hydrogen) atoms. The minimum absolute atomic E-state index is 0.169. The predicted molar refractivity (Wildman–Crippen MR) is 146 cm³/mol. The number of carboxylic acids is 1. The van der Waals surface area contributed by atoms with Gasteiger partial charge < -0.3 is 32.9 Å². The van der Waals surface area contributed by atoms with E-state index in [1.54, 1.807) is 0 Å². The molecule has 0 aromatic carbocycles. The van der Waals surface area contributed by atoms with Crippen LogP contribution in [0.25, 0.3) is 0 Å². The number of unbranched alkanes of at least 4 members (excludes halogenated alkanes) is 15. The molecular weight excluding hydrogens is 444 g/mol. The van der Waals surface area contributed by atoms with Crippen LogP contribution in [0.3, 0.4) is 0 Å². The highest BCUT2D eigenvalue weighted by Gasteiger charge is 2.18. The molecule has 0 fully saturated rings. The number of carbonyl (C=O) groups excluding carboxylic acids is 1. The molecule has 0 saturated heterocycles. The Labute approximate surface area is 214 Å². The maximum Gasteiger partial charge on any atom is 0.326 e. The molecule has 0 aliphatic carbocycles. The number of nitrogens with two attached hydrogens (primary N) is 3. The van der Waals surface area contributed by atoms with Gasteiger partial charge in [-0.25, -0.2) is 4.79 Å². The molecule has 208 valence electrons. The molecule has 0 aliphatic rings. The summed E-state index contributed by atoms with van der Waals surface area (Å²) in [5, 5.41) is 20.5. The molecule has 9 heteroatoms. The second-order valence-corrected chi connectivity index (χ2v) is 9.24. The van der Waals surface area contributed by atoms with Gasteiger partial charge in [0, 0.05) is 6.54 Å². The molecule has 0 heterocycles. The van der Waals surface area contributed by atoms with E-state index in [4.69, 9.17) is 27.7 Å². The van der Waals surface area contributed by atoms with Gasteiger partial charge in [-0.3, -0.25) is 10.2 Å². The summed E-state index contributed by atoms with van der Waals surface area (Å²) in [5.74, 6) is -1.78. The quantitative estimate of drug-likeness (QED) is 0.0629. The van der Waals surface area contributed by atoms with Crippen LogP contribution in [0.1, 0.15) is 122 Å². The van der Waals surface area contributed by atoms with Crippen molar-refractivity contribution in [3.8, 4) is 0 Å². The summed E-state index contributed by atoms with van der Waals surface area (Å²) in [6.07, 6.45) is 23.6. The topological polar surface area (TPSA) is 180 Å². The Bertz CT molecular complexity index is 489. The SMILES string of the molecule is CCCCCCCCCCCCCCCCCCN.N=C(N)NCCCC(NC(=O)CN)C(=O)O. The first kappa shape index (κ1) is 35.3. The van der Waals surface area contributed by atoms with E-state index in [0.29, 0.717) is 13.0 Å². The average molecular weight is 501 g/mol. The van der Waals surface area contributed by atoms with Gasteiger partial charge in [-0.2, -0.15) is 0 Å². The van der Waals surface area contributed by atoms with Crippen molar-refractivity contribution in [2.75, 3.05) is 19.6 Å². The maximum absolute atomic E-state index is 10.9. The molecule has 1 amide bonds. The Hall–Kier alpha value is -1.87. The van der Waals surface area contributed by atoms with E-state index in [0.717, 1.165) is 6.54 Å². The van der Waals surface area contributed by atoms with Crippen LogP contribution in [0.15, 0.2) is 0 Å². The highest BCUT2D eigenvalue weighted by Crippen LogP contribution is 2.13. The number of carboxylic acid groups (broad SMARTS) is 1. The van der Waals surface area contributed by atoms with Crippen molar-refractivity contribution in [3.63, 3.8) is 0 Å². The van der Waals surface area contributed by atoms with Gasteiger partial charge in [0.1, 0.15) is 6.04 Å². The predicted octanol–water partition coefficient (Wildman–Crippen LogP) is 3.98. The third-order valence-electron chi connectivity index (χ3n) is 5.86. The van der Waals surface area contributed by atoms with E-state index in [1.807, 2.05) is 0 Å². The van der Waals surface area contributed by atoms with Crippen LogP contribution in [-0.2, 0) is 9.59 Å². The van der Waals surface area contributed by atoms with Crippen molar-refractivity contribution >= 4 is 17.8 Å². The average Bonchev–Trinajstić information content (AvgIpc) is 2.83. The summed E-state index contributed by atoms with van der Waals surface area (Å²) in [4.78, 5) is 21.6. The van der Waals surface area contributed by atoms with E-state index < -0.39 is 17.9 Å². The molecule has 0 rings (SSSR count). The fourth-order valence-corrected chi connectivity index (χ4v) is 3.73. The maximum atomic E-state index is 10.9. The molecular formula is C26H56N6O3. The monoisotopic (exact) mass is 500 g/mol. The number of nitrogens with one attached hydrogen (secondary N) is 3. The molecule has 0 radical (unpaired) electrons. The summed E-state index contributed by atoms with van der Waals surface area (Å²) in [6, 6.07) is -0.954. The molecule has 1 unspecified atom stereocenters. The molecule has 9 nitrogen and oxygen atoms in total. The van der Waals surface area contributed by atoms with E-state index in [9.17, 15) is 9.59 Å². The fraction of sp³-hybridized carbons (Fsp3) is 0.885. The van der Waals surface area contributed by atoms with Crippen molar-refractivity contribution in [2.24, 2.45) is 17.2 Å². The minimum atomic E-state index is -1.11. The lowest BCUT2D eigenvalue weighted by atomic mass is 10.0. The molecule has 10 N–H and O–H groups in total. The van der Waals surface area contributed by atoms with Crippen LogP contribution >= 0.6 is 0 Å². The standard InChI is InChI=1S/C18H39N.C8H17N5O3/c1-2-3-4-5-6-7-8-9-10-11-12-13-14-15-16-17-18-19;9-4-6(14)13-5(7(15)16)2-1-3-12-8(10)11/h2-19H2,1H3;5H,1-4,9H2,(H,13,14)(H,15,16)(H4,10,11,12).